The first-order valence-corrected chi connectivity index (χ1v) is 6.19. The van der Waals surface area contributed by atoms with E-state index in [1.54, 1.807) is 6.92 Å². The smallest absolute Gasteiger partial charge is 0.412 e. The Hall–Kier alpha value is -1.70. The summed E-state index contributed by atoms with van der Waals surface area (Å²) >= 11 is 2.95. The highest BCUT2D eigenvalue weighted by atomic mass is 79.9. The van der Waals surface area contributed by atoms with Gasteiger partial charge in [-0.25, -0.2) is 9.18 Å². The Bertz CT molecular complexity index is 482. The van der Waals surface area contributed by atoms with Crippen LogP contribution in [0.5, 0.6) is 0 Å². The Morgan fingerprint density at radius 2 is 2.05 bits per heavy atom. The molecule has 0 heterocycles. The van der Waals surface area contributed by atoms with Gasteiger partial charge in [0.1, 0.15) is 12.4 Å². The summed E-state index contributed by atoms with van der Waals surface area (Å²) in [4.78, 5) is 22.4. The third-order valence-corrected chi connectivity index (χ3v) is 3.74. The monoisotopic (exact) mass is 334 g/mol. The number of amides is 1. The van der Waals surface area contributed by atoms with Gasteiger partial charge in [-0.3, -0.25) is 15.0 Å². The highest BCUT2D eigenvalue weighted by Crippen LogP contribution is 2.27. The van der Waals surface area contributed by atoms with Crippen LogP contribution in [0.1, 0.15) is 13.3 Å². The minimum absolute atomic E-state index is 0.102. The normalized spacial score (nSPS) is 13.6. The van der Waals surface area contributed by atoms with Crippen molar-refractivity contribution in [1.29, 1.82) is 0 Å². The van der Waals surface area contributed by atoms with Crippen LogP contribution in [0, 0.1) is 15.9 Å². The van der Waals surface area contributed by atoms with Crippen LogP contribution < -0.4 is 4.90 Å². The number of hydrogen-bond acceptors (Lipinski definition) is 3. The number of hydrogen-bond donors (Lipinski definition) is 1. The van der Waals surface area contributed by atoms with E-state index in [2.05, 4.69) is 15.9 Å². The van der Waals surface area contributed by atoms with Gasteiger partial charge in [-0.2, -0.15) is 0 Å². The molecule has 19 heavy (non-hydrogen) atoms. The summed E-state index contributed by atoms with van der Waals surface area (Å²) in [6.45, 7) is 1.19. The molecule has 0 bridgehead atoms. The summed E-state index contributed by atoms with van der Waals surface area (Å²) in [6, 6.07) is 4.71. The molecular formula is C11H12BrFN2O4. The van der Waals surface area contributed by atoms with Gasteiger partial charge in [0, 0.05) is 33.0 Å². The van der Waals surface area contributed by atoms with Gasteiger partial charge in [-0.15, -0.1) is 0 Å². The van der Waals surface area contributed by atoms with Crippen molar-refractivity contribution in [2.24, 2.45) is 0 Å². The van der Waals surface area contributed by atoms with E-state index in [0.717, 1.165) is 17.0 Å². The largest absolute Gasteiger partial charge is 0.465 e. The number of carboxylic acid groups (broad SMARTS) is 1. The average Bonchev–Trinajstić information content (AvgIpc) is 2.36. The molecule has 0 spiro atoms. The van der Waals surface area contributed by atoms with E-state index in [0.29, 0.717) is 0 Å². The molecule has 0 aliphatic rings. The summed E-state index contributed by atoms with van der Waals surface area (Å²) in [5, 5.41) is 20.1. The molecule has 0 saturated heterocycles. The van der Waals surface area contributed by atoms with Gasteiger partial charge in [0.25, 0.3) is 4.45 Å². The average molecular weight is 335 g/mol. The maximum absolute atomic E-state index is 12.8. The first-order valence-electron chi connectivity index (χ1n) is 5.39. The second kappa shape index (κ2) is 5.96. The van der Waals surface area contributed by atoms with Gasteiger partial charge < -0.3 is 5.11 Å². The molecule has 1 atom stereocenters. The standard InChI is InChI=1S/C11H12BrFN2O4/c1-2-11(12,15(18)19)7-14(10(16)17)9-5-3-8(13)4-6-9/h3-6H,2,7H2,1H3,(H,16,17). The fourth-order valence-electron chi connectivity index (χ4n) is 1.43. The minimum Gasteiger partial charge on any atom is -0.465 e. The molecule has 1 aromatic rings. The molecule has 1 unspecified atom stereocenters. The SMILES string of the molecule is CCC(Br)(CN(C(=O)O)c1ccc(F)cc1)[N+](=O)[O-]. The van der Waals surface area contributed by atoms with Crippen LogP contribution in [-0.2, 0) is 0 Å². The van der Waals surface area contributed by atoms with Crippen molar-refractivity contribution in [1.82, 2.24) is 0 Å². The maximum Gasteiger partial charge on any atom is 0.412 e. The fraction of sp³-hybridized carbons (Fsp3) is 0.364. The lowest BCUT2D eigenvalue weighted by molar-refractivity contribution is -0.532. The highest BCUT2D eigenvalue weighted by molar-refractivity contribution is 9.10. The van der Waals surface area contributed by atoms with Crippen molar-refractivity contribution in [3.63, 3.8) is 0 Å². The number of benzene rings is 1. The van der Waals surface area contributed by atoms with E-state index in [1.807, 2.05) is 0 Å². The Kier molecular flexibility index (Phi) is 4.82. The lowest BCUT2D eigenvalue weighted by Gasteiger charge is -2.25. The molecule has 0 aromatic heterocycles. The summed E-state index contributed by atoms with van der Waals surface area (Å²) in [5.74, 6) is -0.510. The van der Waals surface area contributed by atoms with Crippen LogP contribution in [0.3, 0.4) is 0 Å². The Morgan fingerprint density at radius 3 is 2.42 bits per heavy atom. The molecule has 8 heteroatoms. The van der Waals surface area contributed by atoms with Crippen LogP contribution in [-0.4, -0.2) is 27.1 Å². The number of halogens is 2. The molecule has 0 aliphatic heterocycles. The minimum atomic E-state index is -1.57. The summed E-state index contributed by atoms with van der Waals surface area (Å²) in [7, 11) is 0. The molecule has 1 N–H and O–H groups in total. The third-order valence-electron chi connectivity index (χ3n) is 2.64. The van der Waals surface area contributed by atoms with Gasteiger partial charge in [0.2, 0.25) is 0 Å². The van der Waals surface area contributed by atoms with E-state index in [-0.39, 0.29) is 18.7 Å². The summed E-state index contributed by atoms with van der Waals surface area (Å²) in [6.07, 6.45) is -1.24. The van der Waals surface area contributed by atoms with E-state index in [1.165, 1.54) is 12.1 Å². The van der Waals surface area contributed by atoms with Gasteiger partial charge in [0.05, 0.1) is 0 Å². The van der Waals surface area contributed by atoms with Gasteiger partial charge in [-0.1, -0.05) is 6.92 Å². The second-order valence-electron chi connectivity index (χ2n) is 3.87. The number of nitrogens with zero attached hydrogens (tertiary/aromatic N) is 2. The lowest BCUT2D eigenvalue weighted by atomic mass is 10.2. The molecule has 0 aliphatic carbocycles. The van der Waals surface area contributed by atoms with Crippen LogP contribution in [0.4, 0.5) is 14.9 Å². The zero-order valence-electron chi connectivity index (χ0n) is 10.0. The molecule has 1 rings (SSSR count). The van der Waals surface area contributed by atoms with E-state index >= 15 is 0 Å². The maximum atomic E-state index is 12.8. The number of anilines is 1. The molecule has 1 amide bonds. The van der Waals surface area contributed by atoms with Crippen molar-refractivity contribution in [3.05, 3.63) is 40.2 Å². The first kappa shape index (κ1) is 15.4. The molecular weight excluding hydrogens is 323 g/mol. The lowest BCUT2D eigenvalue weighted by Crippen LogP contribution is -2.46. The van der Waals surface area contributed by atoms with Crippen LogP contribution >= 0.6 is 15.9 Å². The zero-order chi connectivity index (χ0) is 14.6. The Balaban J connectivity index is 3.06. The highest BCUT2D eigenvalue weighted by Gasteiger charge is 2.41. The summed E-state index contributed by atoms with van der Waals surface area (Å²) in [5.41, 5.74) is 0.174. The molecule has 104 valence electrons. The van der Waals surface area contributed by atoms with E-state index in [4.69, 9.17) is 5.11 Å². The first-order chi connectivity index (χ1) is 8.80. The number of nitro groups is 1. The predicted octanol–water partition coefficient (Wildman–Crippen LogP) is 3.09. The molecule has 6 nitrogen and oxygen atoms in total. The van der Waals surface area contributed by atoms with Crippen molar-refractivity contribution < 1.29 is 19.2 Å². The summed E-state index contributed by atoms with van der Waals surface area (Å²) < 4.78 is 11.2. The number of rotatable bonds is 5. The van der Waals surface area contributed by atoms with Crippen molar-refractivity contribution in [3.8, 4) is 0 Å². The van der Waals surface area contributed by atoms with Crippen LogP contribution in [0.2, 0.25) is 0 Å². The molecule has 0 radical (unpaired) electrons. The molecule has 1 aromatic carbocycles. The zero-order valence-corrected chi connectivity index (χ0v) is 11.6. The molecule has 0 saturated carbocycles. The second-order valence-corrected chi connectivity index (χ2v) is 5.35. The van der Waals surface area contributed by atoms with E-state index in [9.17, 15) is 19.3 Å². The van der Waals surface area contributed by atoms with Crippen LogP contribution in [0.15, 0.2) is 24.3 Å². The number of carbonyl (C=O) groups is 1. The van der Waals surface area contributed by atoms with Gasteiger partial charge >= 0.3 is 6.09 Å². The van der Waals surface area contributed by atoms with Crippen molar-refractivity contribution in [2.75, 3.05) is 11.4 Å². The molecule has 0 fully saturated rings. The van der Waals surface area contributed by atoms with Crippen molar-refractivity contribution >= 4 is 27.7 Å². The Labute approximate surface area is 117 Å². The fourth-order valence-corrected chi connectivity index (χ4v) is 1.68. The van der Waals surface area contributed by atoms with Crippen molar-refractivity contribution in [2.45, 2.75) is 17.8 Å². The van der Waals surface area contributed by atoms with Gasteiger partial charge in [-0.05, 0) is 24.3 Å². The van der Waals surface area contributed by atoms with Crippen LogP contribution in [0.25, 0.3) is 0 Å². The quantitative estimate of drug-likeness (QED) is 0.388. The van der Waals surface area contributed by atoms with Gasteiger partial charge in [0.15, 0.2) is 0 Å². The predicted molar refractivity (Wildman–Crippen MR) is 70.7 cm³/mol. The number of alkyl halides is 1. The Morgan fingerprint density at radius 1 is 1.53 bits per heavy atom. The topological polar surface area (TPSA) is 83.7 Å². The third kappa shape index (κ3) is 3.63. The van der Waals surface area contributed by atoms with E-state index < -0.39 is 21.3 Å².